The fourth-order valence-electron chi connectivity index (χ4n) is 1.76. The maximum absolute atomic E-state index is 13.3. The van der Waals surface area contributed by atoms with Crippen molar-refractivity contribution in [3.05, 3.63) is 35.1 Å². The van der Waals surface area contributed by atoms with Gasteiger partial charge >= 0.3 is 0 Å². The number of carbonyl (C=O) groups excluding carboxylic acids is 1. The van der Waals surface area contributed by atoms with Crippen molar-refractivity contribution in [2.75, 3.05) is 7.05 Å². The number of likely N-dealkylation sites (N-methyl/N-ethyl adjacent to an activating group) is 1. The van der Waals surface area contributed by atoms with Gasteiger partial charge < -0.3 is 4.90 Å². The van der Waals surface area contributed by atoms with Gasteiger partial charge in [-0.3, -0.25) is 4.79 Å². The van der Waals surface area contributed by atoms with E-state index in [9.17, 15) is 18.0 Å². The molecule has 1 atom stereocenters. The van der Waals surface area contributed by atoms with Crippen LogP contribution in [0.15, 0.2) is 12.1 Å². The van der Waals surface area contributed by atoms with Crippen LogP contribution in [-0.2, 0) is 11.2 Å². The van der Waals surface area contributed by atoms with Gasteiger partial charge in [-0.2, -0.15) is 0 Å². The second-order valence-corrected chi connectivity index (χ2v) is 3.92. The summed E-state index contributed by atoms with van der Waals surface area (Å²) in [5, 5.41) is 0. The minimum atomic E-state index is -1.20. The van der Waals surface area contributed by atoms with Crippen molar-refractivity contribution in [2.24, 2.45) is 0 Å². The number of β-lactam (4-membered cyclic amide) rings is 1. The summed E-state index contributed by atoms with van der Waals surface area (Å²) in [4.78, 5) is 12.4. The predicted octanol–water partition coefficient (Wildman–Crippen LogP) is 1.88. The molecule has 1 unspecified atom stereocenters. The maximum Gasteiger partial charge on any atom is 0.224 e. The Hall–Kier alpha value is -1.52. The van der Waals surface area contributed by atoms with Gasteiger partial charge in [-0.25, -0.2) is 13.2 Å². The van der Waals surface area contributed by atoms with Crippen LogP contribution < -0.4 is 0 Å². The van der Waals surface area contributed by atoms with Crippen LogP contribution in [0.1, 0.15) is 12.0 Å². The zero-order chi connectivity index (χ0) is 11.9. The molecule has 1 aromatic rings. The van der Waals surface area contributed by atoms with E-state index in [2.05, 4.69) is 0 Å². The van der Waals surface area contributed by atoms with Crippen LogP contribution in [0.25, 0.3) is 0 Å². The van der Waals surface area contributed by atoms with E-state index in [0.717, 1.165) is 6.07 Å². The highest BCUT2D eigenvalue weighted by atomic mass is 19.2. The van der Waals surface area contributed by atoms with E-state index in [0.29, 0.717) is 12.5 Å². The molecule has 0 radical (unpaired) electrons. The van der Waals surface area contributed by atoms with Crippen molar-refractivity contribution in [2.45, 2.75) is 18.9 Å². The number of rotatable bonds is 2. The summed E-state index contributed by atoms with van der Waals surface area (Å²) in [5.41, 5.74) is 0.100. The first-order valence-electron chi connectivity index (χ1n) is 4.88. The lowest BCUT2D eigenvalue weighted by Gasteiger charge is -2.37. The Morgan fingerprint density at radius 3 is 2.44 bits per heavy atom. The molecule has 0 aliphatic carbocycles. The highest BCUT2D eigenvalue weighted by molar-refractivity contribution is 5.82. The standard InChI is InChI=1S/C11H10F3NO/c1-15-7(4-11(15)16)2-6-3-9(13)10(14)5-8(6)12/h3,5,7H,2,4H2,1H3. The quantitative estimate of drug-likeness (QED) is 0.560. The molecular formula is C11H10F3NO. The van der Waals surface area contributed by atoms with Crippen LogP contribution in [0.3, 0.4) is 0 Å². The monoisotopic (exact) mass is 229 g/mol. The SMILES string of the molecule is CN1C(=O)CC1Cc1cc(F)c(F)cc1F. The van der Waals surface area contributed by atoms with Crippen molar-refractivity contribution in [1.82, 2.24) is 4.90 Å². The Bertz CT molecular complexity index is 447. The summed E-state index contributed by atoms with van der Waals surface area (Å²) < 4.78 is 38.8. The molecule has 1 aromatic carbocycles. The average molecular weight is 229 g/mol. The van der Waals surface area contributed by atoms with Gasteiger partial charge in [-0.1, -0.05) is 0 Å². The lowest BCUT2D eigenvalue weighted by atomic mass is 9.95. The molecule has 1 aliphatic heterocycles. The molecule has 1 amide bonds. The van der Waals surface area contributed by atoms with E-state index < -0.39 is 17.5 Å². The van der Waals surface area contributed by atoms with Crippen LogP contribution in [0.5, 0.6) is 0 Å². The fourth-order valence-corrected chi connectivity index (χ4v) is 1.76. The molecule has 2 rings (SSSR count). The molecule has 1 heterocycles. The molecule has 0 bridgehead atoms. The Kier molecular flexibility index (Phi) is 2.61. The van der Waals surface area contributed by atoms with Crippen LogP contribution in [0, 0.1) is 17.5 Å². The lowest BCUT2D eigenvalue weighted by molar-refractivity contribution is -0.143. The molecule has 0 saturated carbocycles. The third kappa shape index (κ3) is 1.77. The van der Waals surface area contributed by atoms with Gasteiger partial charge in [-0.05, 0) is 18.1 Å². The van der Waals surface area contributed by atoms with Gasteiger partial charge in [0.1, 0.15) is 5.82 Å². The zero-order valence-electron chi connectivity index (χ0n) is 8.64. The third-order valence-corrected chi connectivity index (χ3v) is 2.90. The average Bonchev–Trinajstić information content (AvgIpc) is 2.24. The first kappa shape index (κ1) is 11.0. The van der Waals surface area contributed by atoms with Crippen molar-refractivity contribution in [3.63, 3.8) is 0 Å². The molecule has 16 heavy (non-hydrogen) atoms. The van der Waals surface area contributed by atoms with Gasteiger partial charge in [0, 0.05) is 25.6 Å². The van der Waals surface area contributed by atoms with Crippen LogP contribution in [-0.4, -0.2) is 23.9 Å². The fraction of sp³-hybridized carbons (Fsp3) is 0.364. The van der Waals surface area contributed by atoms with E-state index in [-0.39, 0.29) is 23.9 Å². The van der Waals surface area contributed by atoms with Gasteiger partial charge in [0.05, 0.1) is 0 Å². The van der Waals surface area contributed by atoms with Crippen molar-refractivity contribution >= 4 is 5.91 Å². The second kappa shape index (κ2) is 3.81. The normalized spacial score (nSPS) is 19.9. The number of nitrogens with zero attached hydrogens (tertiary/aromatic N) is 1. The molecule has 86 valence electrons. The highest BCUT2D eigenvalue weighted by Crippen LogP contribution is 2.23. The summed E-state index contributed by atoms with van der Waals surface area (Å²) in [7, 11) is 1.61. The van der Waals surface area contributed by atoms with E-state index in [4.69, 9.17) is 0 Å². The van der Waals surface area contributed by atoms with Gasteiger partial charge in [0.15, 0.2) is 11.6 Å². The molecule has 1 saturated heterocycles. The van der Waals surface area contributed by atoms with Crippen molar-refractivity contribution in [3.8, 4) is 0 Å². The highest BCUT2D eigenvalue weighted by Gasteiger charge is 2.33. The number of amides is 1. The first-order valence-corrected chi connectivity index (χ1v) is 4.88. The Labute approximate surface area is 90.7 Å². The lowest BCUT2D eigenvalue weighted by Crippen LogP contribution is -2.50. The van der Waals surface area contributed by atoms with Crippen LogP contribution in [0.2, 0.25) is 0 Å². The molecule has 0 spiro atoms. The van der Waals surface area contributed by atoms with E-state index in [1.54, 1.807) is 7.05 Å². The second-order valence-electron chi connectivity index (χ2n) is 3.92. The minimum Gasteiger partial charge on any atom is -0.342 e. The minimum absolute atomic E-state index is 0.0204. The largest absolute Gasteiger partial charge is 0.342 e. The van der Waals surface area contributed by atoms with Crippen molar-refractivity contribution in [1.29, 1.82) is 0 Å². The smallest absolute Gasteiger partial charge is 0.224 e. The summed E-state index contributed by atoms with van der Waals surface area (Å²) in [6.07, 6.45) is 0.542. The van der Waals surface area contributed by atoms with E-state index in [1.807, 2.05) is 0 Å². The predicted molar refractivity (Wildman–Crippen MR) is 51.2 cm³/mol. The molecule has 0 aromatic heterocycles. The molecule has 5 heteroatoms. The number of likely N-dealkylation sites (tertiary alicyclic amines) is 1. The number of hydrogen-bond acceptors (Lipinski definition) is 1. The van der Waals surface area contributed by atoms with E-state index in [1.165, 1.54) is 4.90 Å². The van der Waals surface area contributed by atoms with Crippen LogP contribution >= 0.6 is 0 Å². The summed E-state index contributed by atoms with van der Waals surface area (Å²) in [6.45, 7) is 0. The summed E-state index contributed by atoms with van der Waals surface area (Å²) >= 11 is 0. The molecule has 1 fully saturated rings. The molecule has 1 aliphatic rings. The van der Waals surface area contributed by atoms with Crippen molar-refractivity contribution < 1.29 is 18.0 Å². The molecule has 2 nitrogen and oxygen atoms in total. The van der Waals surface area contributed by atoms with Gasteiger partial charge in [0.2, 0.25) is 5.91 Å². The molecule has 0 N–H and O–H groups in total. The van der Waals surface area contributed by atoms with Gasteiger partial charge in [-0.15, -0.1) is 0 Å². The summed E-state index contributed by atoms with van der Waals surface area (Å²) in [6, 6.07) is 1.26. The zero-order valence-corrected chi connectivity index (χ0v) is 8.64. The maximum atomic E-state index is 13.3. The first-order chi connectivity index (χ1) is 7.49. The number of carbonyl (C=O) groups is 1. The number of halogens is 3. The number of hydrogen-bond donors (Lipinski definition) is 0. The molecular weight excluding hydrogens is 219 g/mol. The van der Waals surface area contributed by atoms with Gasteiger partial charge in [0.25, 0.3) is 0 Å². The Morgan fingerprint density at radius 2 is 1.88 bits per heavy atom. The number of benzene rings is 1. The Balaban J connectivity index is 2.16. The third-order valence-electron chi connectivity index (χ3n) is 2.90. The van der Waals surface area contributed by atoms with E-state index >= 15 is 0 Å². The summed E-state index contributed by atoms with van der Waals surface area (Å²) in [5.74, 6) is -3.05. The van der Waals surface area contributed by atoms with Crippen LogP contribution in [0.4, 0.5) is 13.2 Å². The Morgan fingerprint density at radius 1 is 1.25 bits per heavy atom. The topological polar surface area (TPSA) is 20.3 Å².